The van der Waals surface area contributed by atoms with Crippen LogP contribution < -0.4 is 10.1 Å². The molecule has 3 heteroatoms. The van der Waals surface area contributed by atoms with E-state index in [9.17, 15) is 0 Å². The fraction of sp³-hybridized carbons (Fsp3) is 0.733. The average molecular weight is 269 g/mol. The Morgan fingerprint density at radius 3 is 2.72 bits per heavy atom. The molecule has 0 aliphatic carbocycles. The lowest BCUT2D eigenvalue weighted by Crippen LogP contribution is -2.21. The molecule has 1 atom stereocenters. The predicted molar refractivity (Wildman–Crippen MR) is 80.7 cm³/mol. The van der Waals surface area contributed by atoms with Crippen molar-refractivity contribution in [3.05, 3.63) is 16.3 Å². The van der Waals surface area contributed by atoms with Gasteiger partial charge in [0.05, 0.1) is 12.0 Å². The third-order valence-electron chi connectivity index (χ3n) is 3.18. The molecule has 1 heterocycles. The molecule has 0 aromatic carbocycles. The molecule has 1 rings (SSSR count). The minimum Gasteiger partial charge on any atom is -0.496 e. The fourth-order valence-electron chi connectivity index (χ4n) is 2.15. The van der Waals surface area contributed by atoms with Crippen molar-refractivity contribution in [2.75, 3.05) is 13.7 Å². The summed E-state index contributed by atoms with van der Waals surface area (Å²) in [4.78, 5) is 1.36. The molecule has 18 heavy (non-hydrogen) atoms. The lowest BCUT2D eigenvalue weighted by molar-refractivity contribution is 0.396. The lowest BCUT2D eigenvalue weighted by atomic mass is 10.1. The number of hydrogen-bond donors (Lipinski definition) is 1. The van der Waals surface area contributed by atoms with E-state index in [4.69, 9.17) is 4.74 Å². The number of hydrogen-bond acceptors (Lipinski definition) is 3. The van der Waals surface area contributed by atoms with Gasteiger partial charge in [-0.2, -0.15) is 0 Å². The molecule has 0 saturated carbocycles. The second-order valence-corrected chi connectivity index (χ2v) is 5.66. The van der Waals surface area contributed by atoms with Crippen LogP contribution in [0, 0.1) is 0 Å². The molecule has 104 valence electrons. The van der Waals surface area contributed by atoms with Crippen LogP contribution in [0.2, 0.25) is 0 Å². The first-order valence-electron chi connectivity index (χ1n) is 7.18. The quantitative estimate of drug-likeness (QED) is 0.618. The zero-order valence-corrected chi connectivity index (χ0v) is 12.8. The second kappa shape index (κ2) is 9.40. The van der Waals surface area contributed by atoms with Crippen molar-refractivity contribution in [1.82, 2.24) is 5.32 Å². The third-order valence-corrected chi connectivity index (χ3v) is 4.19. The van der Waals surface area contributed by atoms with E-state index in [1.54, 1.807) is 7.11 Å². The Balaban J connectivity index is 2.54. The summed E-state index contributed by atoms with van der Waals surface area (Å²) in [5.41, 5.74) is 0. The van der Waals surface area contributed by atoms with Crippen molar-refractivity contribution < 1.29 is 4.74 Å². The molecule has 1 aromatic rings. The van der Waals surface area contributed by atoms with Crippen molar-refractivity contribution in [3.8, 4) is 5.75 Å². The van der Waals surface area contributed by atoms with Gasteiger partial charge in [-0.3, -0.25) is 0 Å². The van der Waals surface area contributed by atoms with Crippen LogP contribution in [0.4, 0.5) is 0 Å². The van der Waals surface area contributed by atoms with Crippen molar-refractivity contribution in [2.24, 2.45) is 0 Å². The summed E-state index contributed by atoms with van der Waals surface area (Å²) < 4.78 is 5.44. The molecule has 1 unspecified atom stereocenters. The predicted octanol–water partition coefficient (Wildman–Crippen LogP) is 4.77. The first-order chi connectivity index (χ1) is 8.83. The molecule has 0 radical (unpaired) electrons. The maximum absolute atomic E-state index is 5.44. The Kier molecular flexibility index (Phi) is 8.10. The highest BCUT2D eigenvalue weighted by Crippen LogP contribution is 2.33. The summed E-state index contributed by atoms with van der Waals surface area (Å²) in [6, 6.07) is 2.55. The van der Waals surface area contributed by atoms with E-state index in [-0.39, 0.29) is 0 Å². The summed E-state index contributed by atoms with van der Waals surface area (Å²) in [6.45, 7) is 5.56. The van der Waals surface area contributed by atoms with Crippen molar-refractivity contribution in [2.45, 2.75) is 58.4 Å². The van der Waals surface area contributed by atoms with Gasteiger partial charge in [0, 0.05) is 6.04 Å². The molecule has 1 N–H and O–H groups in total. The molecule has 0 aliphatic heterocycles. The van der Waals surface area contributed by atoms with E-state index in [0.29, 0.717) is 6.04 Å². The van der Waals surface area contributed by atoms with Gasteiger partial charge in [-0.15, -0.1) is 11.3 Å². The maximum Gasteiger partial charge on any atom is 0.134 e. The Morgan fingerprint density at radius 1 is 1.22 bits per heavy atom. The molecule has 0 bridgehead atoms. The fourth-order valence-corrected chi connectivity index (χ4v) is 3.12. The smallest absolute Gasteiger partial charge is 0.134 e. The number of ether oxygens (including phenoxy) is 1. The van der Waals surface area contributed by atoms with Crippen molar-refractivity contribution in [3.63, 3.8) is 0 Å². The minimum atomic E-state index is 0.469. The first kappa shape index (κ1) is 15.5. The largest absolute Gasteiger partial charge is 0.496 e. The van der Waals surface area contributed by atoms with E-state index in [1.807, 2.05) is 11.3 Å². The normalized spacial score (nSPS) is 12.6. The molecule has 0 amide bonds. The number of nitrogens with one attached hydrogen (secondary N) is 1. The van der Waals surface area contributed by atoms with Crippen LogP contribution in [0.5, 0.6) is 5.75 Å². The highest BCUT2D eigenvalue weighted by molar-refractivity contribution is 7.10. The number of rotatable bonds is 10. The van der Waals surface area contributed by atoms with Gasteiger partial charge in [0.1, 0.15) is 5.75 Å². The number of methoxy groups -OCH3 is 1. The zero-order chi connectivity index (χ0) is 13.2. The van der Waals surface area contributed by atoms with Gasteiger partial charge in [0.25, 0.3) is 0 Å². The summed E-state index contributed by atoms with van der Waals surface area (Å²) >= 11 is 1.81. The van der Waals surface area contributed by atoms with Gasteiger partial charge in [-0.05, 0) is 30.8 Å². The minimum absolute atomic E-state index is 0.469. The maximum atomic E-state index is 5.44. The Bertz CT molecular complexity index is 311. The van der Waals surface area contributed by atoms with Gasteiger partial charge in [0.15, 0.2) is 0 Å². The molecule has 0 spiro atoms. The van der Waals surface area contributed by atoms with Crippen LogP contribution in [0.15, 0.2) is 11.4 Å². The monoisotopic (exact) mass is 269 g/mol. The molecule has 0 saturated heterocycles. The van der Waals surface area contributed by atoms with E-state index in [2.05, 4.69) is 30.6 Å². The van der Waals surface area contributed by atoms with Gasteiger partial charge < -0.3 is 10.1 Å². The highest BCUT2D eigenvalue weighted by Gasteiger charge is 2.16. The van der Waals surface area contributed by atoms with Crippen LogP contribution >= 0.6 is 11.3 Å². The Labute approximate surface area is 116 Å². The van der Waals surface area contributed by atoms with E-state index >= 15 is 0 Å². The van der Waals surface area contributed by atoms with E-state index in [0.717, 1.165) is 12.3 Å². The van der Waals surface area contributed by atoms with E-state index in [1.165, 1.54) is 43.4 Å². The summed E-state index contributed by atoms with van der Waals surface area (Å²) in [6.07, 6.45) is 7.69. The Morgan fingerprint density at radius 2 is 2.06 bits per heavy atom. The summed E-state index contributed by atoms with van der Waals surface area (Å²) in [7, 11) is 1.76. The van der Waals surface area contributed by atoms with Gasteiger partial charge in [-0.25, -0.2) is 0 Å². The summed E-state index contributed by atoms with van der Waals surface area (Å²) in [5.74, 6) is 1.05. The molecular weight excluding hydrogens is 242 g/mol. The van der Waals surface area contributed by atoms with Crippen LogP contribution in [0.3, 0.4) is 0 Å². The zero-order valence-electron chi connectivity index (χ0n) is 12.0. The SMILES string of the molecule is CCCCCCC(NCCC)c1sccc1OC. The van der Waals surface area contributed by atoms with Crippen molar-refractivity contribution in [1.29, 1.82) is 0 Å². The Hall–Kier alpha value is -0.540. The summed E-state index contributed by atoms with van der Waals surface area (Å²) in [5, 5.41) is 5.78. The van der Waals surface area contributed by atoms with Crippen LogP contribution in [0.1, 0.15) is 63.3 Å². The molecule has 1 aromatic heterocycles. The number of unbranched alkanes of at least 4 members (excludes halogenated alkanes) is 3. The molecular formula is C15H27NOS. The van der Waals surface area contributed by atoms with Crippen molar-refractivity contribution >= 4 is 11.3 Å². The highest BCUT2D eigenvalue weighted by atomic mass is 32.1. The topological polar surface area (TPSA) is 21.3 Å². The number of thiophene rings is 1. The standard InChI is InChI=1S/C15H27NOS/c1-4-6-7-8-9-13(16-11-5-2)15-14(17-3)10-12-18-15/h10,12-13,16H,4-9,11H2,1-3H3. The van der Waals surface area contributed by atoms with Gasteiger partial charge in [-0.1, -0.05) is 39.5 Å². The van der Waals surface area contributed by atoms with Gasteiger partial charge >= 0.3 is 0 Å². The lowest BCUT2D eigenvalue weighted by Gasteiger charge is -2.18. The van der Waals surface area contributed by atoms with Gasteiger partial charge in [0.2, 0.25) is 0 Å². The molecule has 0 aliphatic rings. The molecule has 2 nitrogen and oxygen atoms in total. The second-order valence-electron chi connectivity index (χ2n) is 4.71. The van der Waals surface area contributed by atoms with E-state index < -0.39 is 0 Å². The molecule has 0 fully saturated rings. The van der Waals surface area contributed by atoms with Crippen LogP contribution in [-0.2, 0) is 0 Å². The first-order valence-corrected chi connectivity index (χ1v) is 8.06. The third kappa shape index (κ3) is 4.99. The van der Waals surface area contributed by atoms with Crippen LogP contribution in [0.25, 0.3) is 0 Å². The van der Waals surface area contributed by atoms with Crippen LogP contribution in [-0.4, -0.2) is 13.7 Å². The average Bonchev–Trinajstić information content (AvgIpc) is 2.86.